The van der Waals surface area contributed by atoms with Gasteiger partial charge in [-0.3, -0.25) is 14.4 Å². The van der Waals surface area contributed by atoms with E-state index >= 15 is 0 Å². The summed E-state index contributed by atoms with van der Waals surface area (Å²) in [5.74, 6) is 0.744. The summed E-state index contributed by atoms with van der Waals surface area (Å²) in [5.41, 5.74) is 1.60. The summed E-state index contributed by atoms with van der Waals surface area (Å²) < 4.78 is 6.78. The van der Waals surface area contributed by atoms with E-state index in [9.17, 15) is 4.79 Å². The van der Waals surface area contributed by atoms with Crippen LogP contribution in [-0.2, 0) is 6.42 Å². The third kappa shape index (κ3) is 4.05. The lowest BCUT2D eigenvalue weighted by molar-refractivity contribution is 0.0908. The van der Waals surface area contributed by atoms with Crippen LogP contribution in [0.4, 0.5) is 0 Å². The Labute approximate surface area is 124 Å². The van der Waals surface area contributed by atoms with Crippen LogP contribution in [0.15, 0.2) is 53.7 Å². The maximum Gasteiger partial charge on any atom is 0.236 e. The maximum absolute atomic E-state index is 12.5. The third-order valence-corrected chi connectivity index (χ3v) is 2.99. The van der Waals surface area contributed by atoms with E-state index < -0.39 is 0 Å². The SMILES string of the molecule is COc1cccc(CC(=O)n2ccccc2=NC(C)C)c1. The Morgan fingerprint density at radius 1 is 1.24 bits per heavy atom. The van der Waals surface area contributed by atoms with E-state index in [0.717, 1.165) is 11.3 Å². The van der Waals surface area contributed by atoms with Crippen molar-refractivity contribution in [3.63, 3.8) is 0 Å². The number of hydrogen-bond acceptors (Lipinski definition) is 3. The Morgan fingerprint density at radius 2 is 2.05 bits per heavy atom. The predicted octanol–water partition coefficient (Wildman–Crippen LogP) is 2.69. The van der Waals surface area contributed by atoms with Crippen LogP contribution in [0.1, 0.15) is 24.2 Å². The molecular weight excluding hydrogens is 264 g/mol. The molecule has 2 rings (SSSR count). The van der Waals surface area contributed by atoms with Crippen molar-refractivity contribution in [2.45, 2.75) is 26.3 Å². The molecule has 0 saturated heterocycles. The number of nitrogens with zero attached hydrogens (tertiary/aromatic N) is 2. The van der Waals surface area contributed by atoms with E-state index in [1.165, 1.54) is 0 Å². The maximum atomic E-state index is 12.5. The van der Waals surface area contributed by atoms with Crippen LogP contribution in [0.5, 0.6) is 5.75 Å². The third-order valence-electron chi connectivity index (χ3n) is 2.99. The van der Waals surface area contributed by atoms with Crippen molar-refractivity contribution >= 4 is 5.91 Å². The molecule has 0 bridgehead atoms. The van der Waals surface area contributed by atoms with Crippen LogP contribution in [0, 0.1) is 0 Å². The summed E-state index contributed by atoms with van der Waals surface area (Å²) in [6, 6.07) is 13.3. The fourth-order valence-electron chi connectivity index (χ4n) is 2.06. The number of carbonyl (C=O) groups is 1. The average Bonchev–Trinajstić information content (AvgIpc) is 2.47. The highest BCUT2D eigenvalue weighted by atomic mass is 16.5. The van der Waals surface area contributed by atoms with Crippen LogP contribution in [0.2, 0.25) is 0 Å². The Bertz CT molecular complexity index is 687. The van der Waals surface area contributed by atoms with Gasteiger partial charge in [0, 0.05) is 12.2 Å². The number of benzene rings is 1. The minimum Gasteiger partial charge on any atom is -0.497 e. The van der Waals surface area contributed by atoms with Gasteiger partial charge in [-0.15, -0.1) is 0 Å². The number of carbonyl (C=O) groups excluding carboxylic acids is 1. The van der Waals surface area contributed by atoms with E-state index in [-0.39, 0.29) is 11.9 Å². The van der Waals surface area contributed by atoms with Crippen LogP contribution in [-0.4, -0.2) is 23.6 Å². The van der Waals surface area contributed by atoms with Gasteiger partial charge in [-0.25, -0.2) is 0 Å². The van der Waals surface area contributed by atoms with Crippen LogP contribution in [0.25, 0.3) is 0 Å². The minimum atomic E-state index is -0.0109. The van der Waals surface area contributed by atoms with Gasteiger partial charge in [0.1, 0.15) is 11.2 Å². The molecular formula is C17H20N2O2. The van der Waals surface area contributed by atoms with Gasteiger partial charge in [0.25, 0.3) is 0 Å². The Kier molecular flexibility index (Phi) is 4.93. The quantitative estimate of drug-likeness (QED) is 0.866. The first kappa shape index (κ1) is 15.0. The molecule has 21 heavy (non-hydrogen) atoms. The average molecular weight is 284 g/mol. The zero-order valence-electron chi connectivity index (χ0n) is 12.6. The second-order valence-corrected chi connectivity index (χ2v) is 5.07. The molecule has 0 aliphatic heterocycles. The van der Waals surface area contributed by atoms with Crippen molar-refractivity contribution in [3.8, 4) is 5.75 Å². The zero-order valence-corrected chi connectivity index (χ0v) is 12.6. The van der Waals surface area contributed by atoms with Crippen molar-refractivity contribution in [2.75, 3.05) is 7.11 Å². The first-order chi connectivity index (χ1) is 10.1. The molecule has 0 aliphatic carbocycles. The summed E-state index contributed by atoms with van der Waals surface area (Å²) >= 11 is 0. The predicted molar refractivity (Wildman–Crippen MR) is 82.5 cm³/mol. The van der Waals surface area contributed by atoms with E-state index in [2.05, 4.69) is 4.99 Å². The van der Waals surface area contributed by atoms with Gasteiger partial charge in [-0.2, -0.15) is 0 Å². The molecule has 0 amide bonds. The highest BCUT2D eigenvalue weighted by Gasteiger charge is 2.07. The zero-order chi connectivity index (χ0) is 15.2. The smallest absolute Gasteiger partial charge is 0.236 e. The van der Waals surface area contributed by atoms with Crippen molar-refractivity contribution in [3.05, 3.63) is 59.7 Å². The van der Waals surface area contributed by atoms with E-state index in [1.807, 2.05) is 56.3 Å². The summed E-state index contributed by atoms with van der Waals surface area (Å²) in [6.07, 6.45) is 2.07. The number of aromatic nitrogens is 1. The molecule has 0 fully saturated rings. The number of ether oxygens (including phenoxy) is 1. The normalized spacial score (nSPS) is 11.7. The second kappa shape index (κ2) is 6.88. The van der Waals surface area contributed by atoms with Gasteiger partial charge in [-0.1, -0.05) is 18.2 Å². The van der Waals surface area contributed by atoms with Crippen molar-refractivity contribution < 1.29 is 9.53 Å². The molecule has 0 saturated carbocycles. The Morgan fingerprint density at radius 3 is 2.76 bits per heavy atom. The first-order valence-corrected chi connectivity index (χ1v) is 6.98. The summed E-state index contributed by atoms with van der Waals surface area (Å²) in [7, 11) is 1.62. The molecule has 1 aromatic carbocycles. The van der Waals surface area contributed by atoms with Gasteiger partial charge >= 0.3 is 0 Å². The van der Waals surface area contributed by atoms with Crippen LogP contribution < -0.4 is 10.2 Å². The molecule has 4 heteroatoms. The highest BCUT2D eigenvalue weighted by molar-refractivity contribution is 5.81. The van der Waals surface area contributed by atoms with Gasteiger partial charge in [0.2, 0.25) is 5.91 Å². The Balaban J connectivity index is 2.28. The molecule has 0 atom stereocenters. The number of pyridine rings is 1. The molecule has 4 nitrogen and oxygen atoms in total. The monoisotopic (exact) mass is 284 g/mol. The highest BCUT2D eigenvalue weighted by Crippen LogP contribution is 2.13. The molecule has 1 aromatic heterocycles. The van der Waals surface area contributed by atoms with Gasteiger partial charge in [0.05, 0.1) is 13.5 Å². The van der Waals surface area contributed by atoms with Crippen LogP contribution in [0.3, 0.4) is 0 Å². The topological polar surface area (TPSA) is 43.6 Å². The molecule has 0 radical (unpaired) electrons. The molecule has 0 N–H and O–H groups in total. The summed E-state index contributed by atoms with van der Waals surface area (Å²) in [5, 5.41) is 0. The molecule has 0 unspecified atom stereocenters. The van der Waals surface area contributed by atoms with E-state index in [1.54, 1.807) is 17.9 Å². The fraction of sp³-hybridized carbons (Fsp3) is 0.294. The summed E-state index contributed by atoms with van der Waals surface area (Å²) in [6.45, 7) is 3.98. The lowest BCUT2D eigenvalue weighted by atomic mass is 10.1. The van der Waals surface area contributed by atoms with E-state index in [4.69, 9.17) is 4.74 Å². The van der Waals surface area contributed by atoms with Crippen molar-refractivity contribution in [2.24, 2.45) is 4.99 Å². The molecule has 110 valence electrons. The number of methoxy groups -OCH3 is 1. The van der Waals surface area contributed by atoms with Gasteiger partial charge < -0.3 is 4.74 Å². The second-order valence-electron chi connectivity index (χ2n) is 5.07. The lowest BCUT2D eigenvalue weighted by Gasteiger charge is -2.08. The molecule has 0 spiro atoms. The molecule has 2 aromatic rings. The molecule has 0 aliphatic rings. The van der Waals surface area contributed by atoms with Crippen LogP contribution >= 0.6 is 0 Å². The van der Waals surface area contributed by atoms with E-state index in [0.29, 0.717) is 11.9 Å². The number of rotatable bonds is 4. The number of hydrogen-bond donors (Lipinski definition) is 0. The van der Waals surface area contributed by atoms with Crippen molar-refractivity contribution in [1.82, 2.24) is 4.57 Å². The van der Waals surface area contributed by atoms with Gasteiger partial charge in [0.15, 0.2) is 0 Å². The standard InChI is InChI=1S/C17H20N2O2/c1-13(2)18-16-9-4-5-10-19(16)17(20)12-14-7-6-8-15(11-14)21-3/h4-11,13H,12H2,1-3H3. The lowest BCUT2D eigenvalue weighted by Crippen LogP contribution is -2.28. The van der Waals surface area contributed by atoms with Gasteiger partial charge in [-0.05, 0) is 43.7 Å². The molecule has 1 heterocycles. The van der Waals surface area contributed by atoms with Crippen molar-refractivity contribution in [1.29, 1.82) is 0 Å². The largest absolute Gasteiger partial charge is 0.497 e. The first-order valence-electron chi connectivity index (χ1n) is 6.98. The Hall–Kier alpha value is -2.36. The minimum absolute atomic E-state index is 0.0109. The summed E-state index contributed by atoms with van der Waals surface area (Å²) in [4.78, 5) is 17.0. The fourth-order valence-corrected chi connectivity index (χ4v) is 2.06.